The van der Waals surface area contributed by atoms with Crippen molar-refractivity contribution in [3.8, 4) is 0 Å². The molecule has 14 heteroatoms. The highest BCUT2D eigenvalue weighted by atomic mass is 79.9. The molecule has 6 N–H and O–H groups in total. The van der Waals surface area contributed by atoms with E-state index in [4.69, 9.17) is 31.2 Å². The van der Waals surface area contributed by atoms with Gasteiger partial charge in [-0.05, 0) is 25.9 Å². The third-order valence-corrected chi connectivity index (χ3v) is 2.86. The average Bonchev–Trinajstić information content (AvgIpc) is 2.11. The summed E-state index contributed by atoms with van der Waals surface area (Å²) < 4.78 is -0.878. The predicted molar refractivity (Wildman–Crippen MR) is 52.3 cm³/mol. The van der Waals surface area contributed by atoms with Gasteiger partial charge in [0.05, 0.1) is 6.20 Å². The maximum atomic E-state index is 11.1. The molecule has 0 bridgehead atoms. The zero-order chi connectivity index (χ0) is 15.2. The summed E-state index contributed by atoms with van der Waals surface area (Å²) in [5, 5.41) is 82.3. The van der Waals surface area contributed by atoms with Crippen molar-refractivity contribution in [2.75, 3.05) is 0 Å². The summed E-state index contributed by atoms with van der Waals surface area (Å²) in [4.78, 5) is -6.34. The van der Waals surface area contributed by atoms with E-state index in [1.807, 2.05) is 0 Å². The topological polar surface area (TPSA) is 194 Å². The molecular weight excluding hydrogens is 340 g/mol. The molecule has 0 saturated heterocycles. The van der Waals surface area contributed by atoms with E-state index in [-0.39, 0.29) is 5.01 Å². The van der Waals surface area contributed by atoms with Gasteiger partial charge in [-0.2, -0.15) is 31.2 Å². The van der Waals surface area contributed by atoms with Gasteiger partial charge in [0, 0.05) is 11.2 Å². The van der Waals surface area contributed by atoms with Crippen molar-refractivity contribution in [2.24, 2.45) is 0 Å². The number of halogens is 1. The van der Waals surface area contributed by atoms with Gasteiger partial charge in [0.15, 0.2) is 4.48 Å². The van der Waals surface area contributed by atoms with Crippen molar-refractivity contribution in [3.63, 3.8) is 0 Å². The molecule has 13 nitrogen and oxygen atoms in total. The van der Waals surface area contributed by atoms with Crippen molar-refractivity contribution >= 4 is 15.9 Å². The minimum Gasteiger partial charge on any atom is -0.562 e. The summed E-state index contributed by atoms with van der Waals surface area (Å²) in [6, 6.07) is 0. The lowest BCUT2D eigenvalue weighted by molar-refractivity contribution is -1.32. The van der Waals surface area contributed by atoms with Crippen LogP contribution >= 0.6 is 15.9 Å². The fraction of sp³-hybridized carbons (Fsp3) is 0.200. The first kappa shape index (κ1) is 16.3. The fourth-order valence-corrected chi connectivity index (χ4v) is 2.16. The quantitative estimate of drug-likeness (QED) is 0.297. The molecular formula is C5H9BrN4O9. The van der Waals surface area contributed by atoms with Crippen LogP contribution in [0.5, 0.6) is 0 Å². The Morgan fingerprint density at radius 1 is 1.05 bits per heavy atom. The third-order valence-electron chi connectivity index (χ3n) is 2.04. The lowest BCUT2D eigenvalue weighted by Gasteiger charge is -2.43. The van der Waals surface area contributed by atoms with E-state index < -0.39 is 31.4 Å². The van der Waals surface area contributed by atoms with Crippen LogP contribution in [0.4, 0.5) is 0 Å². The van der Waals surface area contributed by atoms with Gasteiger partial charge in [-0.15, -0.1) is 0 Å². The molecule has 0 radical (unpaired) electrons. The zero-order valence-corrected chi connectivity index (χ0v) is 10.4. The summed E-state index contributed by atoms with van der Waals surface area (Å²) in [7, 11) is 0. The first-order chi connectivity index (χ1) is 8.26. The molecule has 1 unspecified atom stereocenters. The molecule has 0 aromatic carbocycles. The van der Waals surface area contributed by atoms with E-state index in [1.54, 1.807) is 0 Å². The molecule has 19 heavy (non-hydrogen) atoms. The fourth-order valence-electron chi connectivity index (χ4n) is 1.32. The Morgan fingerprint density at radius 3 is 1.84 bits per heavy atom. The van der Waals surface area contributed by atoms with Gasteiger partial charge >= 0.3 is 6.17 Å². The molecule has 0 aromatic heterocycles. The summed E-state index contributed by atoms with van der Waals surface area (Å²) in [5.41, 5.74) is -1.00. The average molecular weight is 349 g/mol. The predicted octanol–water partition coefficient (Wildman–Crippen LogP) is -0.0577. The molecule has 110 valence electrons. The third kappa shape index (κ3) is 3.43. The first-order valence-corrected chi connectivity index (χ1v) is 5.09. The Kier molecular flexibility index (Phi) is 4.02. The minimum absolute atomic E-state index is 0.240. The maximum Gasteiger partial charge on any atom is 0.312 e. The van der Waals surface area contributed by atoms with Crippen LogP contribution in [0.1, 0.15) is 0 Å². The minimum atomic E-state index is -3.28. The molecule has 0 spiro atoms. The highest BCUT2D eigenvalue weighted by Crippen LogP contribution is 2.35. The largest absolute Gasteiger partial charge is 0.562 e. The van der Waals surface area contributed by atoms with E-state index in [9.17, 15) is 15.6 Å². The van der Waals surface area contributed by atoms with Crippen LogP contribution in [0.3, 0.4) is 0 Å². The molecule has 1 heterocycles. The molecule has 0 amide bonds. The van der Waals surface area contributed by atoms with E-state index >= 15 is 0 Å². The van der Waals surface area contributed by atoms with Crippen LogP contribution in [0.15, 0.2) is 22.5 Å². The van der Waals surface area contributed by atoms with Gasteiger partial charge < -0.3 is 15.6 Å². The molecule has 0 aliphatic carbocycles. The van der Waals surface area contributed by atoms with Crippen LogP contribution < -0.4 is 0 Å². The van der Waals surface area contributed by atoms with Crippen LogP contribution in [0, 0.1) is 15.6 Å². The number of hydrogen-bond donors (Lipinski definition) is 6. The van der Waals surface area contributed by atoms with Crippen LogP contribution in [0.2, 0.25) is 0 Å². The summed E-state index contributed by atoms with van der Waals surface area (Å²) in [6.07, 6.45) is -1.61. The molecule has 1 rings (SSSR count). The standard InChI is InChI=1S/C5H9BrN4O9/c6-4-3(8(11,12)13)1-2-7(10(17,18)19)5(4)9(14,15)16/h1-2,5,11-12,14-15,17-18H. The number of allylic oxidation sites excluding steroid dienone is 1. The second-order valence-corrected chi connectivity index (χ2v) is 4.30. The van der Waals surface area contributed by atoms with Crippen LogP contribution in [-0.2, 0) is 0 Å². The second kappa shape index (κ2) is 4.68. The normalized spacial score (nSPS) is 22.2. The van der Waals surface area contributed by atoms with Crippen LogP contribution in [0.25, 0.3) is 0 Å². The molecule has 0 fully saturated rings. The number of hydroxylamine groups is 6. The highest BCUT2D eigenvalue weighted by molar-refractivity contribution is 9.11. The lowest BCUT2D eigenvalue weighted by atomic mass is 10.2. The van der Waals surface area contributed by atoms with Crippen molar-refractivity contribution < 1.29 is 46.3 Å². The first-order valence-electron chi connectivity index (χ1n) is 4.30. The molecule has 1 aliphatic rings. The monoisotopic (exact) mass is 348 g/mol. The number of hydrogen-bond acceptors (Lipinski definition) is 10. The number of quaternary nitrogens is 3. The van der Waals surface area contributed by atoms with Crippen molar-refractivity contribution in [1.29, 1.82) is 0 Å². The Balaban J connectivity index is 3.37. The smallest absolute Gasteiger partial charge is 0.312 e. The summed E-state index contributed by atoms with van der Waals surface area (Å²) >= 11 is 2.47. The molecule has 0 saturated carbocycles. The highest BCUT2D eigenvalue weighted by Gasteiger charge is 2.49. The van der Waals surface area contributed by atoms with E-state index in [1.165, 1.54) is 0 Å². The molecule has 0 aromatic rings. The number of nitrogens with zero attached hydrogens (tertiary/aromatic N) is 4. The number of rotatable bonds is 3. The van der Waals surface area contributed by atoms with Gasteiger partial charge in [-0.3, -0.25) is 0 Å². The van der Waals surface area contributed by atoms with Gasteiger partial charge in [0.25, 0.3) is 0 Å². The van der Waals surface area contributed by atoms with Crippen molar-refractivity contribution in [2.45, 2.75) is 6.17 Å². The zero-order valence-electron chi connectivity index (χ0n) is 8.81. The Bertz CT molecular complexity index is 418. The molecule has 1 atom stereocenters. The van der Waals surface area contributed by atoms with Gasteiger partial charge in [-0.25, -0.2) is 0 Å². The van der Waals surface area contributed by atoms with Crippen molar-refractivity contribution in [1.82, 2.24) is 5.01 Å². The van der Waals surface area contributed by atoms with Crippen LogP contribution in [-0.4, -0.2) is 57.4 Å². The Morgan fingerprint density at radius 2 is 1.53 bits per heavy atom. The van der Waals surface area contributed by atoms with E-state index in [0.717, 1.165) is 0 Å². The van der Waals surface area contributed by atoms with Gasteiger partial charge in [-0.1, -0.05) is 5.01 Å². The Hall–Kier alpha value is -0.720. The summed E-state index contributed by atoms with van der Waals surface area (Å²) in [5.74, 6) is 0. The Labute approximate surface area is 112 Å². The lowest BCUT2D eigenvalue weighted by Crippen LogP contribution is -2.64. The molecule has 1 aliphatic heterocycles. The van der Waals surface area contributed by atoms with Crippen molar-refractivity contribution in [3.05, 3.63) is 38.1 Å². The second-order valence-electron chi connectivity index (χ2n) is 3.45. The SMILES string of the molecule is [O-][N+](O)(O)C1=C(Br)C([N+]([O-])(O)O)N([N+]([O-])(O)O)C=C1. The summed E-state index contributed by atoms with van der Waals surface area (Å²) in [6.45, 7) is 0. The maximum absolute atomic E-state index is 11.1. The van der Waals surface area contributed by atoms with Gasteiger partial charge in [0.2, 0.25) is 5.70 Å². The van der Waals surface area contributed by atoms with E-state index in [0.29, 0.717) is 12.3 Å². The van der Waals surface area contributed by atoms with Gasteiger partial charge in [0.1, 0.15) is 0 Å². The van der Waals surface area contributed by atoms with E-state index in [2.05, 4.69) is 15.9 Å².